The first kappa shape index (κ1) is 18.8. The molecular weight excluding hydrogens is 344 g/mol. The second-order valence-corrected chi connectivity index (χ2v) is 8.03. The molecule has 1 aliphatic rings. The van der Waals surface area contributed by atoms with Crippen molar-refractivity contribution in [3.63, 3.8) is 0 Å². The molecule has 0 aromatic heterocycles. The highest BCUT2D eigenvalue weighted by Crippen LogP contribution is 2.29. The highest BCUT2D eigenvalue weighted by molar-refractivity contribution is 5.70. The molecule has 0 atom stereocenters. The fourth-order valence-corrected chi connectivity index (χ4v) is 4.18. The summed E-state index contributed by atoms with van der Waals surface area (Å²) in [6, 6.07) is 24.8. The maximum atomic E-state index is 9.63. The Morgan fingerprint density at radius 2 is 1.04 bits per heavy atom. The minimum absolute atomic E-state index is 0.0593. The van der Waals surface area contributed by atoms with E-state index in [1.54, 1.807) is 12.1 Å². The molecular formula is C26H28O2. The Bertz CT molecular complexity index is 871. The van der Waals surface area contributed by atoms with Crippen molar-refractivity contribution in [2.45, 2.75) is 44.6 Å². The van der Waals surface area contributed by atoms with Crippen molar-refractivity contribution in [3.05, 3.63) is 78.4 Å². The van der Waals surface area contributed by atoms with E-state index in [0.29, 0.717) is 5.75 Å². The summed E-state index contributed by atoms with van der Waals surface area (Å²) in [4.78, 5) is 0. The van der Waals surface area contributed by atoms with Crippen LogP contribution in [0.1, 0.15) is 37.7 Å². The van der Waals surface area contributed by atoms with E-state index >= 15 is 0 Å². The third kappa shape index (κ3) is 4.63. The summed E-state index contributed by atoms with van der Waals surface area (Å²) in [6.45, 7) is 0. The Morgan fingerprint density at radius 3 is 1.54 bits per heavy atom. The lowest BCUT2D eigenvalue weighted by Gasteiger charge is -2.25. The zero-order valence-electron chi connectivity index (χ0n) is 16.2. The molecule has 28 heavy (non-hydrogen) atoms. The number of rotatable bonds is 5. The number of aliphatic hydroxyl groups is 1. The van der Waals surface area contributed by atoms with Gasteiger partial charge in [0.1, 0.15) is 5.75 Å². The van der Waals surface area contributed by atoms with Gasteiger partial charge in [-0.2, -0.15) is 0 Å². The molecule has 0 aliphatic heterocycles. The van der Waals surface area contributed by atoms with E-state index in [9.17, 15) is 10.2 Å². The van der Waals surface area contributed by atoms with Crippen LogP contribution in [0.5, 0.6) is 5.75 Å². The number of phenolic OH excluding ortho intramolecular Hbond substituents is 1. The third-order valence-electron chi connectivity index (χ3n) is 6.03. The Kier molecular flexibility index (Phi) is 5.78. The molecule has 2 nitrogen and oxygen atoms in total. The van der Waals surface area contributed by atoms with Crippen LogP contribution in [0, 0.1) is 5.92 Å². The second kappa shape index (κ2) is 8.62. The zero-order valence-corrected chi connectivity index (χ0v) is 16.2. The van der Waals surface area contributed by atoms with Crippen LogP contribution < -0.4 is 0 Å². The van der Waals surface area contributed by atoms with Gasteiger partial charge in [-0.1, -0.05) is 60.7 Å². The van der Waals surface area contributed by atoms with Gasteiger partial charge in [0.05, 0.1) is 6.10 Å². The fourth-order valence-electron chi connectivity index (χ4n) is 4.18. The molecule has 0 bridgehead atoms. The van der Waals surface area contributed by atoms with Crippen LogP contribution >= 0.6 is 0 Å². The molecule has 0 radical (unpaired) electrons. The maximum Gasteiger partial charge on any atom is 0.115 e. The summed E-state index contributed by atoms with van der Waals surface area (Å²) in [5, 5.41) is 19.1. The average Bonchev–Trinajstić information content (AvgIpc) is 2.74. The largest absolute Gasteiger partial charge is 0.508 e. The van der Waals surface area contributed by atoms with Gasteiger partial charge >= 0.3 is 0 Å². The van der Waals surface area contributed by atoms with Gasteiger partial charge in [0, 0.05) is 0 Å². The lowest BCUT2D eigenvalue weighted by molar-refractivity contribution is 0.106. The van der Waals surface area contributed by atoms with Crippen molar-refractivity contribution in [3.8, 4) is 28.0 Å². The first-order valence-electron chi connectivity index (χ1n) is 10.3. The number of aryl methyl sites for hydroxylation is 1. The minimum Gasteiger partial charge on any atom is -0.508 e. The van der Waals surface area contributed by atoms with Gasteiger partial charge in [0.25, 0.3) is 0 Å². The van der Waals surface area contributed by atoms with Crippen LogP contribution in [0.4, 0.5) is 0 Å². The normalized spacial score (nSPS) is 19.5. The highest BCUT2D eigenvalue weighted by atomic mass is 16.3. The van der Waals surface area contributed by atoms with E-state index in [1.807, 2.05) is 12.1 Å². The molecule has 1 fully saturated rings. The minimum atomic E-state index is -0.0593. The van der Waals surface area contributed by atoms with E-state index in [2.05, 4.69) is 48.5 Å². The molecule has 0 amide bonds. The molecule has 0 spiro atoms. The van der Waals surface area contributed by atoms with E-state index in [4.69, 9.17) is 0 Å². The summed E-state index contributed by atoms with van der Waals surface area (Å²) in [7, 11) is 0. The number of aliphatic hydroxyl groups excluding tert-OH is 1. The number of phenols is 1. The van der Waals surface area contributed by atoms with Gasteiger partial charge in [-0.15, -0.1) is 0 Å². The average molecular weight is 373 g/mol. The van der Waals surface area contributed by atoms with Crippen LogP contribution in [0.15, 0.2) is 72.8 Å². The Balaban J connectivity index is 1.37. The van der Waals surface area contributed by atoms with Crippen LogP contribution in [0.25, 0.3) is 22.3 Å². The van der Waals surface area contributed by atoms with Crippen molar-refractivity contribution in [1.82, 2.24) is 0 Å². The third-order valence-corrected chi connectivity index (χ3v) is 6.03. The van der Waals surface area contributed by atoms with E-state index in [-0.39, 0.29) is 6.10 Å². The van der Waals surface area contributed by atoms with E-state index in [0.717, 1.165) is 36.3 Å². The Hall–Kier alpha value is -2.58. The van der Waals surface area contributed by atoms with Gasteiger partial charge in [-0.3, -0.25) is 0 Å². The van der Waals surface area contributed by atoms with Crippen LogP contribution in [0.3, 0.4) is 0 Å². The summed E-state index contributed by atoms with van der Waals surface area (Å²) < 4.78 is 0. The van der Waals surface area contributed by atoms with Crippen molar-refractivity contribution in [1.29, 1.82) is 0 Å². The van der Waals surface area contributed by atoms with Crippen molar-refractivity contribution >= 4 is 0 Å². The summed E-state index contributed by atoms with van der Waals surface area (Å²) >= 11 is 0. The predicted molar refractivity (Wildman–Crippen MR) is 115 cm³/mol. The molecule has 2 heteroatoms. The first-order chi connectivity index (χ1) is 13.7. The van der Waals surface area contributed by atoms with Crippen LogP contribution in [-0.2, 0) is 6.42 Å². The highest BCUT2D eigenvalue weighted by Gasteiger charge is 2.18. The molecule has 3 aromatic carbocycles. The molecule has 144 valence electrons. The summed E-state index contributed by atoms with van der Waals surface area (Å²) in [5.74, 6) is 1.07. The molecule has 1 aliphatic carbocycles. The molecule has 1 saturated carbocycles. The van der Waals surface area contributed by atoms with Gasteiger partial charge in [-0.25, -0.2) is 0 Å². The van der Waals surface area contributed by atoms with E-state index in [1.165, 1.54) is 36.0 Å². The van der Waals surface area contributed by atoms with Crippen molar-refractivity contribution < 1.29 is 10.2 Å². The lowest BCUT2D eigenvalue weighted by atomic mass is 9.84. The Labute approximate surface area is 167 Å². The number of hydrogen-bond acceptors (Lipinski definition) is 2. The smallest absolute Gasteiger partial charge is 0.115 e. The summed E-state index contributed by atoms with van der Waals surface area (Å²) in [6.07, 6.45) is 6.59. The van der Waals surface area contributed by atoms with E-state index < -0.39 is 0 Å². The fraction of sp³-hybridized carbons (Fsp3) is 0.308. The monoisotopic (exact) mass is 372 g/mol. The van der Waals surface area contributed by atoms with Crippen molar-refractivity contribution in [2.24, 2.45) is 5.92 Å². The molecule has 3 aromatic rings. The predicted octanol–water partition coefficient (Wildman–Crippen LogP) is 6.21. The Morgan fingerprint density at radius 1 is 0.607 bits per heavy atom. The molecule has 4 rings (SSSR count). The molecule has 2 N–H and O–H groups in total. The van der Waals surface area contributed by atoms with Gasteiger partial charge in [-0.05, 0) is 84.4 Å². The molecule has 0 saturated heterocycles. The van der Waals surface area contributed by atoms with Crippen LogP contribution in [0.2, 0.25) is 0 Å². The van der Waals surface area contributed by atoms with Crippen LogP contribution in [-0.4, -0.2) is 16.3 Å². The summed E-state index contributed by atoms with van der Waals surface area (Å²) in [5.41, 5.74) is 6.11. The SMILES string of the molecule is Oc1ccc(-c2ccc(-c3ccc(CCC4CCC(O)CC4)cc3)cc2)cc1. The number of benzene rings is 3. The molecule has 0 heterocycles. The number of hydrogen-bond donors (Lipinski definition) is 2. The molecule has 0 unspecified atom stereocenters. The van der Waals surface area contributed by atoms with Gasteiger partial charge in [0.2, 0.25) is 0 Å². The van der Waals surface area contributed by atoms with Gasteiger partial charge < -0.3 is 10.2 Å². The van der Waals surface area contributed by atoms with Gasteiger partial charge in [0.15, 0.2) is 0 Å². The first-order valence-corrected chi connectivity index (χ1v) is 10.3. The zero-order chi connectivity index (χ0) is 19.3. The number of aromatic hydroxyl groups is 1. The standard InChI is InChI=1S/C26H28O2/c27-25-15-5-20(6-16-25)2-1-19-3-7-21(8-4-19)22-9-11-23(12-10-22)24-13-17-26(28)18-14-24/h3-4,7-14,17-18,20,25,27-28H,1-2,5-6,15-16H2. The maximum absolute atomic E-state index is 9.63. The topological polar surface area (TPSA) is 40.5 Å². The lowest BCUT2D eigenvalue weighted by Crippen LogP contribution is -2.18. The quantitative estimate of drug-likeness (QED) is 0.559. The van der Waals surface area contributed by atoms with Crippen molar-refractivity contribution in [2.75, 3.05) is 0 Å². The second-order valence-electron chi connectivity index (χ2n) is 8.03.